The molecule has 0 spiro atoms. The van der Waals surface area contributed by atoms with E-state index >= 15 is 0 Å². The lowest BCUT2D eigenvalue weighted by molar-refractivity contribution is -0.142. The number of esters is 1. The molecule has 8 heteroatoms. The van der Waals surface area contributed by atoms with Crippen molar-refractivity contribution in [2.45, 2.75) is 19.4 Å². The number of hydrogen-bond acceptors (Lipinski definition) is 6. The Morgan fingerprint density at radius 3 is 2.52 bits per heavy atom. The summed E-state index contributed by atoms with van der Waals surface area (Å²) >= 11 is 0. The van der Waals surface area contributed by atoms with Crippen LogP contribution in [-0.2, 0) is 20.7 Å². The summed E-state index contributed by atoms with van der Waals surface area (Å²) in [6.45, 7) is 2.70. The summed E-state index contributed by atoms with van der Waals surface area (Å²) in [5.74, 6) is 0.327. The van der Waals surface area contributed by atoms with Crippen LogP contribution in [0, 0.1) is 5.41 Å². The third kappa shape index (κ3) is 5.25. The second kappa shape index (κ2) is 9.09. The molecule has 2 aromatic rings. The van der Waals surface area contributed by atoms with Gasteiger partial charge in [0.2, 0.25) is 0 Å². The van der Waals surface area contributed by atoms with Gasteiger partial charge in [-0.2, -0.15) is 0 Å². The minimum Gasteiger partial charge on any atom is -0.490 e. The highest BCUT2D eigenvalue weighted by atomic mass is 16.6. The van der Waals surface area contributed by atoms with E-state index in [-0.39, 0.29) is 24.8 Å². The predicted octanol–water partition coefficient (Wildman–Crippen LogP) is 2.48. The number of nitrogen functional groups attached to an aromatic ring is 1. The molecule has 0 radical (unpaired) electrons. The molecule has 1 aliphatic heterocycles. The van der Waals surface area contributed by atoms with Crippen molar-refractivity contribution < 1.29 is 23.8 Å². The summed E-state index contributed by atoms with van der Waals surface area (Å²) in [6.07, 6.45) is -0.640. The molecule has 8 nitrogen and oxygen atoms in total. The number of nitrogens with two attached hydrogens (primary N) is 1. The summed E-state index contributed by atoms with van der Waals surface area (Å²) in [5, 5.41) is 7.42. The Morgan fingerprint density at radius 1 is 1.21 bits per heavy atom. The molecule has 0 aliphatic carbocycles. The number of rotatable bonds is 8. The average Bonchev–Trinajstić information content (AvgIpc) is 3.08. The normalized spacial score (nSPS) is 15.7. The molecule has 0 bridgehead atoms. The van der Waals surface area contributed by atoms with Gasteiger partial charge in [0, 0.05) is 11.3 Å². The summed E-state index contributed by atoms with van der Waals surface area (Å²) in [4.78, 5) is 25.2. The van der Waals surface area contributed by atoms with Crippen LogP contribution in [0.15, 0.2) is 48.5 Å². The molecule has 152 valence electrons. The van der Waals surface area contributed by atoms with Gasteiger partial charge >= 0.3 is 12.1 Å². The Balaban J connectivity index is 1.52. The van der Waals surface area contributed by atoms with Crippen LogP contribution in [-0.4, -0.2) is 43.8 Å². The molecule has 1 unspecified atom stereocenters. The van der Waals surface area contributed by atoms with Gasteiger partial charge in [-0.05, 0) is 48.9 Å². The first-order valence-corrected chi connectivity index (χ1v) is 9.26. The molecule has 1 saturated heterocycles. The van der Waals surface area contributed by atoms with E-state index in [4.69, 9.17) is 25.4 Å². The Labute approximate surface area is 168 Å². The van der Waals surface area contributed by atoms with Crippen molar-refractivity contribution in [2.24, 2.45) is 5.73 Å². The Kier molecular flexibility index (Phi) is 6.33. The predicted molar refractivity (Wildman–Crippen MR) is 107 cm³/mol. The van der Waals surface area contributed by atoms with Crippen LogP contribution >= 0.6 is 0 Å². The zero-order valence-corrected chi connectivity index (χ0v) is 16.1. The van der Waals surface area contributed by atoms with E-state index in [2.05, 4.69) is 0 Å². The van der Waals surface area contributed by atoms with Crippen molar-refractivity contribution in [3.63, 3.8) is 0 Å². The highest BCUT2D eigenvalue weighted by Crippen LogP contribution is 2.23. The van der Waals surface area contributed by atoms with E-state index in [9.17, 15) is 9.59 Å². The number of amidine groups is 1. The number of nitrogens with zero attached hydrogens (tertiary/aromatic N) is 1. The summed E-state index contributed by atoms with van der Waals surface area (Å²) in [6, 6.07) is 14.0. The minimum atomic E-state index is -0.445. The van der Waals surface area contributed by atoms with Gasteiger partial charge in [0.25, 0.3) is 0 Å². The van der Waals surface area contributed by atoms with Crippen LogP contribution in [0.1, 0.15) is 18.1 Å². The molecule has 1 aliphatic rings. The number of carbonyl (C=O) groups is 2. The van der Waals surface area contributed by atoms with Crippen LogP contribution < -0.4 is 15.4 Å². The molecule has 29 heavy (non-hydrogen) atoms. The van der Waals surface area contributed by atoms with Gasteiger partial charge in [-0.1, -0.05) is 12.1 Å². The highest BCUT2D eigenvalue weighted by Gasteiger charge is 2.32. The summed E-state index contributed by atoms with van der Waals surface area (Å²) in [5.41, 5.74) is 7.55. The van der Waals surface area contributed by atoms with Gasteiger partial charge in [-0.3, -0.25) is 15.1 Å². The fourth-order valence-corrected chi connectivity index (χ4v) is 2.91. The van der Waals surface area contributed by atoms with E-state index in [0.29, 0.717) is 30.2 Å². The van der Waals surface area contributed by atoms with Crippen molar-refractivity contribution in [3.8, 4) is 5.75 Å². The third-order valence-corrected chi connectivity index (χ3v) is 4.38. The van der Waals surface area contributed by atoms with Crippen molar-refractivity contribution in [3.05, 3.63) is 59.7 Å². The fraction of sp³-hybridized carbons (Fsp3) is 0.286. The lowest BCUT2D eigenvalue weighted by Gasteiger charge is -2.14. The Bertz CT molecular complexity index is 880. The number of hydrogen-bond donors (Lipinski definition) is 2. The lowest BCUT2D eigenvalue weighted by Crippen LogP contribution is -2.26. The third-order valence-electron chi connectivity index (χ3n) is 4.38. The summed E-state index contributed by atoms with van der Waals surface area (Å²) in [7, 11) is 0. The smallest absolute Gasteiger partial charge is 0.414 e. The van der Waals surface area contributed by atoms with Gasteiger partial charge in [-0.25, -0.2) is 4.79 Å². The molecule has 1 heterocycles. The van der Waals surface area contributed by atoms with Crippen LogP contribution in [0.4, 0.5) is 10.5 Å². The molecule has 3 N–H and O–H groups in total. The highest BCUT2D eigenvalue weighted by molar-refractivity contribution is 5.96. The van der Waals surface area contributed by atoms with Crippen molar-refractivity contribution in [1.82, 2.24) is 0 Å². The second-order valence-electron chi connectivity index (χ2n) is 6.51. The monoisotopic (exact) mass is 397 g/mol. The van der Waals surface area contributed by atoms with Crippen molar-refractivity contribution in [2.75, 3.05) is 24.7 Å². The van der Waals surface area contributed by atoms with Crippen LogP contribution in [0.25, 0.3) is 0 Å². The fourth-order valence-electron chi connectivity index (χ4n) is 2.91. The number of benzene rings is 2. The van der Waals surface area contributed by atoms with Crippen molar-refractivity contribution >= 4 is 23.6 Å². The van der Waals surface area contributed by atoms with Gasteiger partial charge < -0.3 is 19.9 Å². The minimum absolute atomic E-state index is 0.0277. The quantitative estimate of drug-likeness (QED) is 0.402. The zero-order chi connectivity index (χ0) is 20.8. The lowest BCUT2D eigenvalue weighted by atomic mass is 10.1. The molecule has 1 amide bonds. The largest absolute Gasteiger partial charge is 0.490 e. The van der Waals surface area contributed by atoms with Gasteiger partial charge in [0.1, 0.15) is 18.2 Å². The van der Waals surface area contributed by atoms with Gasteiger partial charge in [0.15, 0.2) is 6.10 Å². The van der Waals surface area contributed by atoms with Crippen LogP contribution in [0.5, 0.6) is 5.75 Å². The molecule has 1 atom stereocenters. The molecule has 0 saturated carbocycles. The topological polar surface area (TPSA) is 115 Å². The second-order valence-corrected chi connectivity index (χ2v) is 6.51. The molecular weight excluding hydrogens is 374 g/mol. The van der Waals surface area contributed by atoms with E-state index in [1.54, 1.807) is 55.5 Å². The number of anilines is 1. The number of nitrogens with one attached hydrogen (secondary N) is 1. The summed E-state index contributed by atoms with van der Waals surface area (Å²) < 4.78 is 16.0. The maximum Gasteiger partial charge on any atom is 0.414 e. The average molecular weight is 397 g/mol. The molecule has 3 rings (SSSR count). The zero-order valence-electron chi connectivity index (χ0n) is 16.1. The number of amides is 1. The van der Waals surface area contributed by atoms with Gasteiger partial charge in [0.05, 0.1) is 19.6 Å². The molecule has 2 aromatic carbocycles. The maximum absolute atomic E-state index is 12.2. The first-order valence-electron chi connectivity index (χ1n) is 9.26. The SMILES string of the molecule is CCOC(=O)Cc1ccc(OCC2CN(c3ccc(C(=N)N)cc3)C(=O)O2)cc1. The standard InChI is InChI=1S/C21H23N3O5/c1-2-27-19(25)11-14-3-9-17(10-4-14)28-13-18-12-24(21(26)29-18)16-7-5-15(6-8-16)20(22)23/h3-10,18H,2,11-13H2,1H3,(H3,22,23). The Hall–Kier alpha value is -3.55. The molecule has 0 aromatic heterocycles. The van der Waals surface area contributed by atoms with Crippen LogP contribution in [0.3, 0.4) is 0 Å². The Morgan fingerprint density at radius 2 is 1.90 bits per heavy atom. The van der Waals surface area contributed by atoms with E-state index in [1.807, 2.05) is 0 Å². The first kappa shape index (κ1) is 20.2. The van der Waals surface area contributed by atoms with E-state index in [0.717, 1.165) is 5.56 Å². The molecule has 1 fully saturated rings. The number of cyclic esters (lactones) is 1. The van der Waals surface area contributed by atoms with Gasteiger partial charge in [-0.15, -0.1) is 0 Å². The number of carbonyl (C=O) groups excluding carboxylic acids is 2. The van der Waals surface area contributed by atoms with Crippen molar-refractivity contribution in [1.29, 1.82) is 5.41 Å². The number of ether oxygens (including phenoxy) is 3. The maximum atomic E-state index is 12.2. The first-order chi connectivity index (χ1) is 14.0. The van der Waals surface area contributed by atoms with Crippen LogP contribution in [0.2, 0.25) is 0 Å². The van der Waals surface area contributed by atoms with E-state index < -0.39 is 12.2 Å². The molecular formula is C21H23N3O5. The van der Waals surface area contributed by atoms with E-state index in [1.165, 1.54) is 4.90 Å².